The molecule has 0 spiro atoms. The van der Waals surface area contributed by atoms with Crippen molar-refractivity contribution < 1.29 is 0 Å². The largest absolute Gasteiger partial charge is 0.0961 e. The number of hydrogen-bond donors (Lipinski definition) is 0. The second kappa shape index (κ2) is 7.20. The summed E-state index contributed by atoms with van der Waals surface area (Å²) in [7, 11) is 0. The Balaban J connectivity index is 4.93. The Morgan fingerprint density at radius 2 is 1.44 bits per heavy atom. The molecular formula is C18H28. The summed E-state index contributed by atoms with van der Waals surface area (Å²) < 4.78 is 0. The van der Waals surface area contributed by atoms with Gasteiger partial charge in [-0.3, -0.25) is 0 Å². The normalized spacial score (nSPS) is 13.4. The van der Waals surface area contributed by atoms with Gasteiger partial charge in [-0.05, 0) is 38.7 Å². The van der Waals surface area contributed by atoms with E-state index in [1.54, 1.807) is 0 Å². The molecule has 18 heavy (non-hydrogen) atoms. The molecule has 0 heterocycles. The van der Waals surface area contributed by atoms with Gasteiger partial charge in [-0.15, -0.1) is 0 Å². The van der Waals surface area contributed by atoms with Gasteiger partial charge in [0.1, 0.15) is 0 Å². The molecule has 0 aromatic heterocycles. The van der Waals surface area contributed by atoms with E-state index in [0.717, 1.165) is 5.57 Å². The molecule has 0 N–H and O–H groups in total. The van der Waals surface area contributed by atoms with Gasteiger partial charge in [0.25, 0.3) is 0 Å². The van der Waals surface area contributed by atoms with E-state index in [9.17, 15) is 0 Å². The van der Waals surface area contributed by atoms with Gasteiger partial charge in [0.15, 0.2) is 0 Å². The fourth-order valence-electron chi connectivity index (χ4n) is 1.80. The lowest BCUT2D eigenvalue weighted by Crippen LogP contribution is -2.08. The van der Waals surface area contributed by atoms with Gasteiger partial charge in [0, 0.05) is 0 Å². The molecule has 0 saturated carbocycles. The summed E-state index contributed by atoms with van der Waals surface area (Å²) >= 11 is 0. The van der Waals surface area contributed by atoms with Crippen LogP contribution in [-0.2, 0) is 0 Å². The van der Waals surface area contributed by atoms with Crippen molar-refractivity contribution in [3.8, 4) is 0 Å². The van der Waals surface area contributed by atoms with E-state index in [4.69, 9.17) is 0 Å². The Bertz CT molecular complexity index is 400. The third-order valence-corrected chi connectivity index (χ3v) is 2.60. The minimum atomic E-state index is 0.198. The summed E-state index contributed by atoms with van der Waals surface area (Å²) in [6, 6.07) is 0. The van der Waals surface area contributed by atoms with Crippen molar-refractivity contribution in [2.75, 3.05) is 0 Å². The van der Waals surface area contributed by atoms with Crippen LogP contribution in [0, 0.1) is 5.41 Å². The molecule has 0 rings (SSSR count). The van der Waals surface area contributed by atoms with E-state index in [2.05, 4.69) is 66.3 Å². The average Bonchev–Trinajstić information content (AvgIpc) is 2.14. The van der Waals surface area contributed by atoms with Crippen LogP contribution in [0.3, 0.4) is 0 Å². The molecule has 0 fully saturated rings. The number of rotatable bonds is 4. The van der Waals surface area contributed by atoms with Gasteiger partial charge in [0.2, 0.25) is 0 Å². The lowest BCUT2D eigenvalue weighted by atomic mass is 9.83. The number of allylic oxidation sites excluding steroid dienone is 9. The molecule has 0 radical (unpaired) electrons. The second-order valence-corrected chi connectivity index (χ2v) is 6.11. The van der Waals surface area contributed by atoms with Crippen molar-refractivity contribution in [1.82, 2.24) is 0 Å². The summed E-state index contributed by atoms with van der Waals surface area (Å²) in [6.45, 7) is 19.0. The zero-order valence-electron chi connectivity index (χ0n) is 13.1. The van der Waals surface area contributed by atoms with Gasteiger partial charge in [-0.25, -0.2) is 0 Å². The van der Waals surface area contributed by atoms with Crippen molar-refractivity contribution in [1.29, 1.82) is 0 Å². The van der Waals surface area contributed by atoms with Gasteiger partial charge in [-0.2, -0.15) is 0 Å². The predicted molar refractivity (Wildman–Crippen MR) is 84.7 cm³/mol. The highest BCUT2D eigenvalue weighted by atomic mass is 14.2. The molecule has 100 valence electrons. The van der Waals surface area contributed by atoms with Crippen LogP contribution in [0.5, 0.6) is 0 Å². The first kappa shape index (κ1) is 16.7. The fourth-order valence-corrected chi connectivity index (χ4v) is 1.80. The highest BCUT2D eigenvalue weighted by molar-refractivity contribution is 5.34. The van der Waals surface area contributed by atoms with Crippen LogP contribution in [-0.4, -0.2) is 0 Å². The Hall–Kier alpha value is -1.30. The van der Waals surface area contributed by atoms with Gasteiger partial charge >= 0.3 is 0 Å². The zero-order valence-corrected chi connectivity index (χ0v) is 13.1. The SMILES string of the molecule is C=C(C)/C=C/C=C(C)/C=C/C(=C(C)C)C(C)(C)C. The molecule has 0 aromatic rings. The smallest absolute Gasteiger partial charge is 0.0133 e. The van der Waals surface area contributed by atoms with Crippen LogP contribution in [0.1, 0.15) is 48.5 Å². The molecular weight excluding hydrogens is 216 g/mol. The van der Waals surface area contributed by atoms with E-state index in [0.29, 0.717) is 0 Å². The summed E-state index contributed by atoms with van der Waals surface area (Å²) in [4.78, 5) is 0. The topological polar surface area (TPSA) is 0 Å². The number of hydrogen-bond acceptors (Lipinski definition) is 0. The molecule has 0 saturated heterocycles. The minimum Gasteiger partial charge on any atom is -0.0961 e. The van der Waals surface area contributed by atoms with E-state index in [1.165, 1.54) is 16.7 Å². The van der Waals surface area contributed by atoms with Crippen molar-refractivity contribution >= 4 is 0 Å². The third-order valence-electron chi connectivity index (χ3n) is 2.60. The van der Waals surface area contributed by atoms with Crippen LogP contribution in [0.2, 0.25) is 0 Å². The van der Waals surface area contributed by atoms with Crippen molar-refractivity contribution in [2.24, 2.45) is 5.41 Å². The van der Waals surface area contributed by atoms with E-state index < -0.39 is 0 Å². The van der Waals surface area contributed by atoms with Gasteiger partial charge in [-0.1, -0.05) is 74.4 Å². The molecule has 0 unspecified atom stereocenters. The molecule has 0 amide bonds. The Kier molecular flexibility index (Phi) is 6.68. The molecule has 0 aliphatic carbocycles. The summed E-state index contributed by atoms with van der Waals surface area (Å²) in [5.74, 6) is 0. The van der Waals surface area contributed by atoms with Crippen molar-refractivity contribution in [3.05, 3.63) is 59.3 Å². The van der Waals surface area contributed by atoms with Crippen molar-refractivity contribution in [3.63, 3.8) is 0 Å². The zero-order chi connectivity index (χ0) is 14.3. The van der Waals surface area contributed by atoms with E-state index in [1.807, 2.05) is 19.1 Å². The van der Waals surface area contributed by atoms with Gasteiger partial charge in [0.05, 0.1) is 0 Å². The highest BCUT2D eigenvalue weighted by Gasteiger charge is 2.15. The molecule has 0 aliphatic rings. The molecule has 0 heteroatoms. The van der Waals surface area contributed by atoms with E-state index >= 15 is 0 Å². The fraction of sp³-hybridized carbons (Fsp3) is 0.444. The Morgan fingerprint density at radius 1 is 0.889 bits per heavy atom. The van der Waals surface area contributed by atoms with Crippen molar-refractivity contribution in [2.45, 2.75) is 48.5 Å². The maximum absolute atomic E-state index is 3.84. The maximum atomic E-state index is 3.84. The lowest BCUT2D eigenvalue weighted by Gasteiger charge is -2.22. The second-order valence-electron chi connectivity index (χ2n) is 6.11. The first-order chi connectivity index (χ1) is 8.14. The summed E-state index contributed by atoms with van der Waals surface area (Å²) in [6.07, 6.45) is 10.6. The monoisotopic (exact) mass is 244 g/mol. The van der Waals surface area contributed by atoms with Crippen LogP contribution < -0.4 is 0 Å². The quantitative estimate of drug-likeness (QED) is 0.532. The molecule has 0 bridgehead atoms. The molecule has 0 aromatic carbocycles. The van der Waals surface area contributed by atoms with Crippen LogP contribution in [0.4, 0.5) is 0 Å². The molecule has 0 aliphatic heterocycles. The first-order valence-electron chi connectivity index (χ1n) is 6.51. The van der Waals surface area contributed by atoms with Crippen LogP contribution in [0.15, 0.2) is 59.3 Å². The molecule has 0 nitrogen and oxygen atoms in total. The Morgan fingerprint density at radius 3 is 1.83 bits per heavy atom. The lowest BCUT2D eigenvalue weighted by molar-refractivity contribution is 0.512. The average molecular weight is 244 g/mol. The summed E-state index contributed by atoms with van der Waals surface area (Å²) in [5.41, 5.74) is 5.30. The summed E-state index contributed by atoms with van der Waals surface area (Å²) in [5, 5.41) is 0. The Labute approximate surface area is 113 Å². The van der Waals surface area contributed by atoms with Gasteiger partial charge < -0.3 is 0 Å². The molecule has 0 atom stereocenters. The third kappa shape index (κ3) is 7.11. The minimum absolute atomic E-state index is 0.198. The maximum Gasteiger partial charge on any atom is -0.0133 e. The van der Waals surface area contributed by atoms with E-state index in [-0.39, 0.29) is 5.41 Å². The van der Waals surface area contributed by atoms with Crippen LogP contribution in [0.25, 0.3) is 0 Å². The standard InChI is InChI=1S/C18H28/c1-14(2)10-9-11-16(5)12-13-17(15(3)4)18(6,7)8/h9-13H,1H2,2-8H3/b10-9+,13-12+,16-11+. The predicted octanol–water partition coefficient (Wildman–Crippen LogP) is 6.00. The highest BCUT2D eigenvalue weighted by Crippen LogP contribution is 2.29. The first-order valence-corrected chi connectivity index (χ1v) is 6.51. The van der Waals surface area contributed by atoms with Crippen LogP contribution >= 0.6 is 0 Å².